The van der Waals surface area contributed by atoms with E-state index in [9.17, 15) is 4.79 Å². The molecule has 4 nitrogen and oxygen atoms in total. The van der Waals surface area contributed by atoms with E-state index in [2.05, 4.69) is 11.0 Å². The number of carbonyl (C=O) groups is 1. The number of anilines is 1. The Morgan fingerprint density at radius 1 is 1.33 bits per heavy atom. The second-order valence-corrected chi connectivity index (χ2v) is 4.76. The molecule has 0 atom stereocenters. The van der Waals surface area contributed by atoms with Crippen LogP contribution < -0.4 is 10.6 Å². The predicted octanol–water partition coefficient (Wildman–Crippen LogP) is 2.44. The number of fused-ring (bicyclic) bond motifs is 1. The second kappa shape index (κ2) is 4.05. The minimum Gasteiger partial charge on any atom is -0.451 e. The molecule has 1 saturated heterocycles. The van der Waals surface area contributed by atoms with Crippen LogP contribution in [0.5, 0.6) is 0 Å². The van der Waals surface area contributed by atoms with Gasteiger partial charge in [0.25, 0.3) is 5.91 Å². The molecule has 2 N–H and O–H groups in total. The zero-order valence-electron chi connectivity index (χ0n) is 10.4. The molecule has 2 heterocycles. The van der Waals surface area contributed by atoms with Crippen molar-refractivity contribution in [1.82, 2.24) is 0 Å². The van der Waals surface area contributed by atoms with Crippen LogP contribution in [0.15, 0.2) is 22.6 Å². The van der Waals surface area contributed by atoms with Gasteiger partial charge in [-0.3, -0.25) is 4.79 Å². The molecule has 0 aliphatic carbocycles. The van der Waals surface area contributed by atoms with Crippen LogP contribution in [0.25, 0.3) is 11.0 Å². The number of aryl methyl sites for hydroxylation is 1. The fourth-order valence-corrected chi connectivity index (χ4v) is 2.74. The average Bonchev–Trinajstić information content (AvgIpc) is 2.97. The molecule has 0 unspecified atom stereocenters. The average molecular weight is 244 g/mol. The van der Waals surface area contributed by atoms with Crippen molar-refractivity contribution in [3.05, 3.63) is 29.5 Å². The number of primary amides is 1. The van der Waals surface area contributed by atoms with E-state index in [1.165, 1.54) is 12.8 Å². The monoisotopic (exact) mass is 244 g/mol. The maximum Gasteiger partial charge on any atom is 0.284 e. The van der Waals surface area contributed by atoms with E-state index in [1.54, 1.807) is 0 Å². The van der Waals surface area contributed by atoms with E-state index in [4.69, 9.17) is 10.2 Å². The summed E-state index contributed by atoms with van der Waals surface area (Å²) in [5.74, 6) is -0.229. The molecule has 94 valence electrons. The second-order valence-electron chi connectivity index (χ2n) is 4.76. The number of rotatable bonds is 2. The molecular weight excluding hydrogens is 228 g/mol. The minimum absolute atomic E-state index is 0.275. The molecule has 2 aromatic rings. The Balaban J connectivity index is 2.23. The number of furan rings is 1. The zero-order chi connectivity index (χ0) is 12.7. The highest BCUT2D eigenvalue weighted by Crippen LogP contribution is 2.34. The molecule has 3 rings (SSSR count). The molecule has 0 bridgehead atoms. The van der Waals surface area contributed by atoms with Crippen molar-refractivity contribution < 1.29 is 9.21 Å². The molecule has 1 aromatic carbocycles. The topological polar surface area (TPSA) is 59.5 Å². The quantitative estimate of drug-likeness (QED) is 0.882. The lowest BCUT2D eigenvalue weighted by Crippen LogP contribution is -2.17. The Morgan fingerprint density at radius 3 is 2.72 bits per heavy atom. The normalized spacial score (nSPS) is 15.5. The largest absolute Gasteiger partial charge is 0.451 e. The summed E-state index contributed by atoms with van der Waals surface area (Å²) in [7, 11) is 0. The summed E-state index contributed by atoms with van der Waals surface area (Å²) in [6, 6.07) is 5.93. The number of benzene rings is 1. The molecule has 0 saturated carbocycles. The van der Waals surface area contributed by atoms with Crippen LogP contribution >= 0.6 is 0 Å². The van der Waals surface area contributed by atoms with Crippen LogP contribution in [0.3, 0.4) is 0 Å². The van der Waals surface area contributed by atoms with Gasteiger partial charge in [-0.05, 0) is 31.9 Å². The van der Waals surface area contributed by atoms with Crippen molar-refractivity contribution in [1.29, 1.82) is 0 Å². The molecular formula is C14H16N2O2. The molecule has 1 aliphatic rings. The summed E-state index contributed by atoms with van der Waals surface area (Å²) in [5.41, 5.74) is 8.08. The van der Waals surface area contributed by atoms with Gasteiger partial charge in [0.1, 0.15) is 5.58 Å². The number of carbonyl (C=O) groups excluding carboxylic acids is 1. The highest BCUT2D eigenvalue weighted by Gasteiger charge is 2.21. The number of amides is 1. The van der Waals surface area contributed by atoms with Crippen molar-refractivity contribution in [3.8, 4) is 0 Å². The molecule has 1 aromatic heterocycles. The first-order valence-corrected chi connectivity index (χ1v) is 6.25. The summed E-state index contributed by atoms with van der Waals surface area (Å²) in [4.78, 5) is 13.7. The van der Waals surface area contributed by atoms with E-state index in [1.807, 2.05) is 19.1 Å². The fourth-order valence-electron chi connectivity index (χ4n) is 2.74. The molecule has 1 amide bonds. The van der Waals surface area contributed by atoms with E-state index in [-0.39, 0.29) is 5.76 Å². The number of hydrogen-bond acceptors (Lipinski definition) is 3. The highest BCUT2D eigenvalue weighted by atomic mass is 16.3. The Bertz CT molecular complexity index is 610. The van der Waals surface area contributed by atoms with Crippen molar-refractivity contribution in [2.75, 3.05) is 18.0 Å². The predicted molar refractivity (Wildman–Crippen MR) is 70.9 cm³/mol. The summed E-state index contributed by atoms with van der Waals surface area (Å²) in [6.07, 6.45) is 2.44. The number of nitrogens with zero attached hydrogens (tertiary/aromatic N) is 1. The third kappa shape index (κ3) is 1.56. The van der Waals surface area contributed by atoms with Crippen LogP contribution in [0, 0.1) is 6.92 Å². The van der Waals surface area contributed by atoms with Crippen molar-refractivity contribution in [3.63, 3.8) is 0 Å². The van der Waals surface area contributed by atoms with E-state index < -0.39 is 5.91 Å². The van der Waals surface area contributed by atoms with E-state index in [0.29, 0.717) is 0 Å². The third-order valence-electron chi connectivity index (χ3n) is 3.60. The maximum atomic E-state index is 11.3. The maximum absolute atomic E-state index is 11.3. The number of hydrogen-bond donors (Lipinski definition) is 1. The minimum atomic E-state index is -0.504. The van der Waals surface area contributed by atoms with Gasteiger partial charge < -0.3 is 15.1 Å². The first kappa shape index (κ1) is 11.1. The Kier molecular flexibility index (Phi) is 2.51. The Morgan fingerprint density at radius 2 is 2.06 bits per heavy atom. The van der Waals surface area contributed by atoms with Gasteiger partial charge in [-0.15, -0.1) is 0 Å². The fraction of sp³-hybridized carbons (Fsp3) is 0.357. The SMILES string of the molecule is Cc1c(C(N)=O)oc2cccc(N3CCCC3)c12. The van der Waals surface area contributed by atoms with Crippen LogP contribution in [0.2, 0.25) is 0 Å². The first-order chi connectivity index (χ1) is 8.68. The molecule has 1 aliphatic heterocycles. The first-order valence-electron chi connectivity index (χ1n) is 6.25. The van der Waals surface area contributed by atoms with Gasteiger partial charge in [-0.2, -0.15) is 0 Å². The van der Waals surface area contributed by atoms with Crippen LogP contribution in [0.1, 0.15) is 29.0 Å². The summed E-state index contributed by atoms with van der Waals surface area (Å²) >= 11 is 0. The van der Waals surface area contributed by atoms with Gasteiger partial charge in [0.2, 0.25) is 0 Å². The van der Waals surface area contributed by atoms with Gasteiger partial charge >= 0.3 is 0 Å². The van der Waals surface area contributed by atoms with Gasteiger partial charge in [0.15, 0.2) is 5.76 Å². The van der Waals surface area contributed by atoms with Crippen LogP contribution in [0.4, 0.5) is 5.69 Å². The zero-order valence-corrected chi connectivity index (χ0v) is 10.4. The van der Waals surface area contributed by atoms with E-state index in [0.717, 1.165) is 35.3 Å². The molecule has 0 spiro atoms. The smallest absolute Gasteiger partial charge is 0.284 e. The van der Waals surface area contributed by atoms with Crippen molar-refractivity contribution in [2.45, 2.75) is 19.8 Å². The molecule has 4 heteroatoms. The lowest BCUT2D eigenvalue weighted by molar-refractivity contribution is 0.0975. The van der Waals surface area contributed by atoms with Crippen LogP contribution in [-0.2, 0) is 0 Å². The summed E-state index contributed by atoms with van der Waals surface area (Å²) < 4.78 is 5.56. The summed E-state index contributed by atoms with van der Waals surface area (Å²) in [5, 5.41) is 1.02. The molecule has 18 heavy (non-hydrogen) atoms. The lowest BCUT2D eigenvalue weighted by Gasteiger charge is -2.18. The highest BCUT2D eigenvalue weighted by molar-refractivity contribution is 6.02. The van der Waals surface area contributed by atoms with Crippen molar-refractivity contribution in [2.24, 2.45) is 5.73 Å². The van der Waals surface area contributed by atoms with Crippen LogP contribution in [-0.4, -0.2) is 19.0 Å². The van der Waals surface area contributed by atoms with Crippen molar-refractivity contribution >= 4 is 22.6 Å². The molecule has 1 fully saturated rings. The van der Waals surface area contributed by atoms with Gasteiger partial charge in [0.05, 0.1) is 0 Å². The van der Waals surface area contributed by atoms with Gasteiger partial charge in [0, 0.05) is 29.7 Å². The number of nitrogens with two attached hydrogens (primary N) is 1. The lowest BCUT2D eigenvalue weighted by atomic mass is 10.1. The van der Waals surface area contributed by atoms with Gasteiger partial charge in [-0.1, -0.05) is 6.07 Å². The standard InChI is InChI=1S/C14H16N2O2/c1-9-12-10(16-7-2-3-8-16)5-4-6-11(12)18-13(9)14(15)17/h4-6H,2-3,7-8H2,1H3,(H2,15,17). The Labute approximate surface area is 105 Å². The molecule has 0 radical (unpaired) electrons. The van der Waals surface area contributed by atoms with E-state index >= 15 is 0 Å². The van der Waals surface area contributed by atoms with Gasteiger partial charge in [-0.25, -0.2) is 0 Å². The third-order valence-corrected chi connectivity index (χ3v) is 3.60. The Hall–Kier alpha value is -1.97. The summed E-state index contributed by atoms with van der Waals surface area (Å²) in [6.45, 7) is 4.02.